The lowest BCUT2D eigenvalue weighted by atomic mass is 10.0. The third-order valence-corrected chi connectivity index (χ3v) is 6.76. The summed E-state index contributed by atoms with van der Waals surface area (Å²) < 4.78 is 6.91. The smallest absolute Gasteiger partial charge is 0.337 e. The fourth-order valence-corrected chi connectivity index (χ4v) is 4.81. The molecular weight excluding hydrogens is 508 g/mol. The quantitative estimate of drug-likeness (QED) is 0.119. The molecule has 9 nitrogen and oxygen atoms in total. The first-order valence-corrected chi connectivity index (χ1v) is 13.3. The summed E-state index contributed by atoms with van der Waals surface area (Å²) in [5.74, 6) is 0.220. The predicted molar refractivity (Wildman–Crippen MR) is 151 cm³/mol. The lowest BCUT2D eigenvalue weighted by Gasteiger charge is -2.22. The standard InChI is InChI=1S/C31H34N4O5/c1-4-8-28-33-29-21(2)15-25(17-27(29)35(28)18-23-11-13-24(14-12-23)31(38)40-3)30(37)32-26(19-34(39)20-36)16-22-9-6-5-7-10-22/h5-7,9-15,17,20,26,39H,4,8,16,18-19H2,1-3H3,(H,32,37). The van der Waals surface area contributed by atoms with E-state index in [2.05, 4.69) is 16.8 Å². The number of carbonyl (C=O) groups is 3. The van der Waals surface area contributed by atoms with Gasteiger partial charge in [-0.2, -0.15) is 0 Å². The van der Waals surface area contributed by atoms with Crippen molar-refractivity contribution >= 4 is 29.3 Å². The van der Waals surface area contributed by atoms with Gasteiger partial charge in [-0.3, -0.25) is 14.8 Å². The van der Waals surface area contributed by atoms with Gasteiger partial charge < -0.3 is 14.6 Å². The Kier molecular flexibility index (Phi) is 9.29. The molecule has 4 aromatic rings. The molecule has 9 heteroatoms. The first kappa shape index (κ1) is 28.5. The average molecular weight is 543 g/mol. The van der Waals surface area contributed by atoms with Crippen LogP contribution in [-0.4, -0.2) is 57.8 Å². The highest BCUT2D eigenvalue weighted by atomic mass is 16.5. The zero-order valence-electron chi connectivity index (χ0n) is 23.0. The number of hydrogen-bond donors (Lipinski definition) is 2. The largest absolute Gasteiger partial charge is 0.465 e. The molecule has 0 aliphatic rings. The number of imidazole rings is 1. The van der Waals surface area contributed by atoms with Crippen LogP contribution < -0.4 is 5.32 Å². The summed E-state index contributed by atoms with van der Waals surface area (Å²) in [6, 6.07) is 20.0. The van der Waals surface area contributed by atoms with Gasteiger partial charge in [0.25, 0.3) is 5.91 Å². The molecule has 0 spiro atoms. The SMILES string of the molecule is CCCc1nc2c(C)cc(C(=O)NC(Cc3ccccc3)CN(O)C=O)cc2n1Cc1ccc(C(=O)OC)cc1. The zero-order chi connectivity index (χ0) is 28.6. The van der Waals surface area contributed by atoms with Crippen molar-refractivity contribution in [3.63, 3.8) is 0 Å². The number of ether oxygens (including phenoxy) is 1. The minimum absolute atomic E-state index is 0.0501. The van der Waals surface area contributed by atoms with Crippen molar-refractivity contribution in [3.8, 4) is 0 Å². The lowest BCUT2D eigenvalue weighted by Crippen LogP contribution is -2.44. The molecule has 0 bridgehead atoms. The minimum Gasteiger partial charge on any atom is -0.465 e. The van der Waals surface area contributed by atoms with Gasteiger partial charge in [-0.1, -0.05) is 49.4 Å². The normalized spacial score (nSPS) is 11.7. The number of amides is 2. The Morgan fingerprint density at radius 1 is 1.07 bits per heavy atom. The molecule has 3 aromatic carbocycles. The zero-order valence-corrected chi connectivity index (χ0v) is 23.0. The average Bonchev–Trinajstić information content (AvgIpc) is 3.30. The van der Waals surface area contributed by atoms with E-state index in [1.165, 1.54) is 7.11 Å². The molecule has 208 valence electrons. The van der Waals surface area contributed by atoms with Gasteiger partial charge in [-0.05, 0) is 60.7 Å². The number of aromatic nitrogens is 2. The molecule has 1 unspecified atom stereocenters. The van der Waals surface area contributed by atoms with Crippen molar-refractivity contribution in [1.29, 1.82) is 0 Å². The van der Waals surface area contributed by atoms with Crippen molar-refractivity contribution in [2.45, 2.75) is 45.7 Å². The number of carbonyl (C=O) groups excluding carboxylic acids is 3. The third-order valence-electron chi connectivity index (χ3n) is 6.76. The number of fused-ring (bicyclic) bond motifs is 1. The van der Waals surface area contributed by atoms with Crippen LogP contribution in [0.15, 0.2) is 66.7 Å². The summed E-state index contributed by atoms with van der Waals surface area (Å²) in [7, 11) is 1.35. The molecule has 1 atom stereocenters. The van der Waals surface area contributed by atoms with E-state index in [-0.39, 0.29) is 18.4 Å². The Morgan fingerprint density at radius 3 is 2.45 bits per heavy atom. The van der Waals surface area contributed by atoms with Gasteiger partial charge >= 0.3 is 5.97 Å². The Hall–Kier alpha value is -4.50. The van der Waals surface area contributed by atoms with Crippen LogP contribution in [0.2, 0.25) is 0 Å². The van der Waals surface area contributed by atoms with Crippen molar-refractivity contribution < 1.29 is 24.3 Å². The van der Waals surface area contributed by atoms with Crippen LogP contribution in [-0.2, 0) is 28.9 Å². The van der Waals surface area contributed by atoms with E-state index in [1.807, 2.05) is 61.5 Å². The molecule has 1 aromatic heterocycles. The van der Waals surface area contributed by atoms with Crippen LogP contribution in [0, 0.1) is 6.92 Å². The fraction of sp³-hybridized carbons (Fsp3) is 0.290. The molecule has 4 rings (SSSR count). The number of esters is 1. The number of nitrogens with one attached hydrogen (secondary N) is 1. The van der Waals surface area contributed by atoms with Gasteiger partial charge in [0, 0.05) is 18.5 Å². The second-order valence-electron chi connectivity index (χ2n) is 9.80. The molecule has 0 saturated carbocycles. The first-order valence-electron chi connectivity index (χ1n) is 13.3. The lowest BCUT2D eigenvalue weighted by molar-refractivity contribution is -0.150. The van der Waals surface area contributed by atoms with Crippen LogP contribution in [0.25, 0.3) is 11.0 Å². The number of hydroxylamine groups is 2. The first-order chi connectivity index (χ1) is 19.3. The molecule has 0 radical (unpaired) electrons. The second kappa shape index (κ2) is 13.0. The van der Waals surface area contributed by atoms with Crippen LogP contribution in [0.4, 0.5) is 0 Å². The maximum Gasteiger partial charge on any atom is 0.337 e. The van der Waals surface area contributed by atoms with Crippen LogP contribution >= 0.6 is 0 Å². The van der Waals surface area contributed by atoms with E-state index in [4.69, 9.17) is 9.72 Å². The Balaban J connectivity index is 1.65. The monoisotopic (exact) mass is 542 g/mol. The van der Waals surface area contributed by atoms with Crippen molar-refractivity contribution in [3.05, 3.63) is 100 Å². The summed E-state index contributed by atoms with van der Waals surface area (Å²) >= 11 is 0. The molecule has 0 aliphatic carbocycles. The van der Waals surface area contributed by atoms with E-state index < -0.39 is 6.04 Å². The van der Waals surface area contributed by atoms with Gasteiger partial charge in [0.15, 0.2) is 0 Å². The van der Waals surface area contributed by atoms with Crippen molar-refractivity contribution in [2.24, 2.45) is 0 Å². The topological polar surface area (TPSA) is 114 Å². The molecule has 1 heterocycles. The maximum atomic E-state index is 13.5. The maximum absolute atomic E-state index is 13.5. The van der Waals surface area contributed by atoms with Gasteiger partial charge in [0.2, 0.25) is 6.41 Å². The number of methoxy groups -OCH3 is 1. The highest BCUT2D eigenvalue weighted by molar-refractivity contribution is 5.98. The van der Waals surface area contributed by atoms with Crippen molar-refractivity contribution in [2.75, 3.05) is 13.7 Å². The van der Waals surface area contributed by atoms with E-state index in [9.17, 15) is 19.6 Å². The van der Waals surface area contributed by atoms with Crippen LogP contribution in [0.5, 0.6) is 0 Å². The molecule has 2 N–H and O–H groups in total. The molecule has 0 saturated heterocycles. The number of rotatable bonds is 12. The van der Waals surface area contributed by atoms with Crippen LogP contribution in [0.3, 0.4) is 0 Å². The highest BCUT2D eigenvalue weighted by Gasteiger charge is 2.20. The Labute approximate surface area is 233 Å². The van der Waals surface area contributed by atoms with Crippen molar-refractivity contribution in [1.82, 2.24) is 19.9 Å². The Morgan fingerprint density at radius 2 is 1.80 bits per heavy atom. The summed E-state index contributed by atoms with van der Waals surface area (Å²) in [5.41, 5.74) is 5.43. The molecule has 0 aliphatic heterocycles. The summed E-state index contributed by atoms with van der Waals surface area (Å²) in [6.07, 6.45) is 2.45. The van der Waals surface area contributed by atoms with E-state index in [0.717, 1.165) is 46.4 Å². The summed E-state index contributed by atoms with van der Waals surface area (Å²) in [4.78, 5) is 41.3. The molecule has 2 amide bonds. The Bertz CT molecular complexity index is 1480. The number of hydrogen-bond acceptors (Lipinski definition) is 6. The highest BCUT2D eigenvalue weighted by Crippen LogP contribution is 2.25. The number of benzene rings is 3. The van der Waals surface area contributed by atoms with E-state index in [0.29, 0.717) is 35.6 Å². The molecule has 40 heavy (non-hydrogen) atoms. The summed E-state index contributed by atoms with van der Waals surface area (Å²) in [5, 5.41) is 13.4. The minimum atomic E-state index is -0.505. The van der Waals surface area contributed by atoms with Gasteiger partial charge in [0.05, 0.1) is 36.3 Å². The van der Waals surface area contributed by atoms with E-state index in [1.54, 1.807) is 12.1 Å². The molecular formula is C31H34N4O5. The third kappa shape index (κ3) is 6.73. The van der Waals surface area contributed by atoms with E-state index >= 15 is 0 Å². The van der Waals surface area contributed by atoms with Gasteiger partial charge in [-0.25, -0.2) is 14.8 Å². The summed E-state index contributed by atoms with van der Waals surface area (Å²) in [6.45, 7) is 4.50. The number of nitrogens with zero attached hydrogens (tertiary/aromatic N) is 3. The fourth-order valence-electron chi connectivity index (χ4n) is 4.81. The van der Waals surface area contributed by atoms with Gasteiger partial charge in [0.1, 0.15) is 5.82 Å². The van der Waals surface area contributed by atoms with Gasteiger partial charge in [-0.15, -0.1) is 0 Å². The predicted octanol–water partition coefficient (Wildman–Crippen LogP) is 4.32. The number of aryl methyl sites for hydroxylation is 2. The van der Waals surface area contributed by atoms with Crippen LogP contribution in [0.1, 0.15) is 56.6 Å². The molecule has 0 fully saturated rings. The second-order valence-corrected chi connectivity index (χ2v) is 9.80.